The van der Waals surface area contributed by atoms with E-state index in [0.717, 1.165) is 5.84 Å². The lowest BCUT2D eigenvalue weighted by Gasteiger charge is -2.21. The molecule has 0 aliphatic rings. The van der Waals surface area contributed by atoms with Crippen molar-refractivity contribution in [2.24, 2.45) is 4.99 Å². The van der Waals surface area contributed by atoms with Crippen LogP contribution in [-0.2, 0) is 0 Å². The van der Waals surface area contributed by atoms with Gasteiger partial charge >= 0.3 is 0 Å². The number of rotatable bonds is 2. The molecule has 16 heavy (non-hydrogen) atoms. The van der Waals surface area contributed by atoms with E-state index < -0.39 is 0 Å². The summed E-state index contributed by atoms with van der Waals surface area (Å²) in [6, 6.07) is 10.2. The lowest BCUT2D eigenvalue weighted by molar-refractivity contribution is 0.512. The summed E-state index contributed by atoms with van der Waals surface area (Å²) in [6.07, 6.45) is 4.06. The monoisotopic (exact) mass is 216 g/mol. The van der Waals surface area contributed by atoms with Gasteiger partial charge in [0.2, 0.25) is 0 Å². The number of hydrogen-bond donors (Lipinski definition) is 1. The van der Waals surface area contributed by atoms with Gasteiger partial charge in [0.25, 0.3) is 0 Å². The molecule has 0 bridgehead atoms. The fourth-order valence-electron chi connectivity index (χ4n) is 1.30. The molecule has 1 N–H and O–H groups in total. The average Bonchev–Trinajstić information content (AvgIpc) is 2.24. The lowest BCUT2D eigenvalue weighted by Crippen LogP contribution is -2.39. The minimum atomic E-state index is 0.0376. The van der Waals surface area contributed by atoms with Gasteiger partial charge < -0.3 is 5.32 Å². The Hall–Kier alpha value is -1.57. The first-order chi connectivity index (χ1) is 7.51. The molecule has 0 saturated carbocycles. The Balaban J connectivity index is 2.69. The van der Waals surface area contributed by atoms with Crippen molar-refractivity contribution in [1.29, 1.82) is 0 Å². The molecule has 0 heterocycles. The maximum atomic E-state index is 4.21. The maximum absolute atomic E-state index is 4.21. The van der Waals surface area contributed by atoms with Crippen molar-refractivity contribution in [1.82, 2.24) is 5.32 Å². The molecule has 1 aromatic carbocycles. The van der Waals surface area contributed by atoms with Crippen LogP contribution in [0.3, 0.4) is 0 Å². The Kier molecular flexibility index (Phi) is 4.29. The molecular formula is C14H20N2. The highest BCUT2D eigenvalue weighted by molar-refractivity contribution is 5.96. The number of nitrogens with zero attached hydrogens (tertiary/aromatic N) is 1. The summed E-state index contributed by atoms with van der Waals surface area (Å²) >= 11 is 0. The molecule has 0 spiro atoms. The third kappa shape index (κ3) is 4.78. The van der Waals surface area contributed by atoms with Crippen LogP contribution < -0.4 is 5.32 Å². The van der Waals surface area contributed by atoms with Crippen molar-refractivity contribution in [3.8, 4) is 0 Å². The van der Waals surface area contributed by atoms with Crippen molar-refractivity contribution in [2.75, 3.05) is 7.05 Å². The molecule has 0 aliphatic carbocycles. The third-order valence-electron chi connectivity index (χ3n) is 1.98. The molecule has 1 rings (SSSR count). The largest absolute Gasteiger partial charge is 0.366 e. The first-order valence-corrected chi connectivity index (χ1v) is 5.49. The van der Waals surface area contributed by atoms with Crippen molar-refractivity contribution in [3.05, 3.63) is 42.0 Å². The molecule has 2 heteroatoms. The van der Waals surface area contributed by atoms with Crippen LogP contribution in [-0.4, -0.2) is 18.4 Å². The summed E-state index contributed by atoms with van der Waals surface area (Å²) < 4.78 is 0. The molecule has 0 atom stereocenters. The Morgan fingerprint density at radius 1 is 1.19 bits per heavy atom. The van der Waals surface area contributed by atoms with Crippen molar-refractivity contribution < 1.29 is 0 Å². The van der Waals surface area contributed by atoms with Gasteiger partial charge in [-0.05, 0) is 32.4 Å². The summed E-state index contributed by atoms with van der Waals surface area (Å²) in [7, 11) is 1.80. The van der Waals surface area contributed by atoms with E-state index in [1.165, 1.54) is 5.56 Å². The molecule has 0 amide bonds. The quantitative estimate of drug-likeness (QED) is 0.596. The molecule has 1 aromatic rings. The summed E-state index contributed by atoms with van der Waals surface area (Å²) in [5.74, 6) is 0.899. The topological polar surface area (TPSA) is 24.4 Å². The predicted molar refractivity (Wildman–Crippen MR) is 71.7 cm³/mol. The SMILES string of the molecule is CN=C(/C=C/c1ccccc1)NC(C)(C)C. The number of nitrogens with one attached hydrogen (secondary N) is 1. The first-order valence-electron chi connectivity index (χ1n) is 5.49. The Morgan fingerprint density at radius 3 is 2.31 bits per heavy atom. The second kappa shape index (κ2) is 5.50. The zero-order valence-corrected chi connectivity index (χ0v) is 10.5. The predicted octanol–water partition coefficient (Wildman–Crippen LogP) is 3.12. The van der Waals surface area contributed by atoms with Crippen LogP contribution in [0.2, 0.25) is 0 Å². The van der Waals surface area contributed by atoms with Crippen LogP contribution in [0.25, 0.3) is 6.08 Å². The molecule has 2 nitrogen and oxygen atoms in total. The Labute approximate surface area is 98.1 Å². The fraction of sp³-hybridized carbons (Fsp3) is 0.357. The van der Waals surface area contributed by atoms with Gasteiger partial charge in [-0.25, -0.2) is 0 Å². The van der Waals surface area contributed by atoms with Crippen LogP contribution >= 0.6 is 0 Å². The first kappa shape index (κ1) is 12.5. The second-order valence-electron chi connectivity index (χ2n) is 4.73. The third-order valence-corrected chi connectivity index (χ3v) is 1.98. The minimum Gasteiger partial charge on any atom is -0.366 e. The summed E-state index contributed by atoms with van der Waals surface area (Å²) in [4.78, 5) is 4.21. The number of benzene rings is 1. The minimum absolute atomic E-state index is 0.0376. The van der Waals surface area contributed by atoms with Gasteiger partial charge in [-0.2, -0.15) is 0 Å². The summed E-state index contributed by atoms with van der Waals surface area (Å²) in [6.45, 7) is 6.36. The van der Waals surface area contributed by atoms with Crippen LogP contribution in [0.4, 0.5) is 0 Å². The number of aliphatic imine (C=N–C) groups is 1. The normalized spacial score (nSPS) is 13.1. The van der Waals surface area contributed by atoms with Crippen molar-refractivity contribution >= 4 is 11.9 Å². The molecule has 0 fully saturated rings. The molecule has 0 saturated heterocycles. The van der Waals surface area contributed by atoms with Crippen LogP contribution in [0.5, 0.6) is 0 Å². The number of hydrogen-bond acceptors (Lipinski definition) is 1. The summed E-state index contributed by atoms with van der Waals surface area (Å²) in [5.41, 5.74) is 1.22. The van der Waals surface area contributed by atoms with Crippen molar-refractivity contribution in [3.63, 3.8) is 0 Å². The zero-order valence-electron chi connectivity index (χ0n) is 10.5. The van der Waals surface area contributed by atoms with Gasteiger partial charge in [-0.1, -0.05) is 36.4 Å². The van der Waals surface area contributed by atoms with E-state index in [0.29, 0.717) is 0 Å². The van der Waals surface area contributed by atoms with Crippen LogP contribution in [0.15, 0.2) is 41.4 Å². The molecule has 0 aromatic heterocycles. The van der Waals surface area contributed by atoms with E-state index in [1.807, 2.05) is 24.3 Å². The Morgan fingerprint density at radius 2 is 1.81 bits per heavy atom. The zero-order chi connectivity index (χ0) is 12.0. The molecular weight excluding hydrogens is 196 g/mol. The van der Waals surface area contributed by atoms with E-state index >= 15 is 0 Å². The molecule has 0 radical (unpaired) electrons. The average molecular weight is 216 g/mol. The van der Waals surface area contributed by atoms with Crippen LogP contribution in [0, 0.1) is 0 Å². The second-order valence-corrected chi connectivity index (χ2v) is 4.73. The van der Waals surface area contributed by atoms with Gasteiger partial charge in [0.1, 0.15) is 5.84 Å². The van der Waals surface area contributed by atoms with E-state index in [9.17, 15) is 0 Å². The molecule has 0 unspecified atom stereocenters. The van der Waals surface area contributed by atoms with E-state index in [4.69, 9.17) is 0 Å². The highest BCUT2D eigenvalue weighted by atomic mass is 15.0. The molecule has 0 aliphatic heterocycles. The van der Waals surface area contributed by atoms with Gasteiger partial charge in [-0.15, -0.1) is 0 Å². The van der Waals surface area contributed by atoms with Gasteiger partial charge in [0.05, 0.1) is 0 Å². The van der Waals surface area contributed by atoms with Gasteiger partial charge in [0, 0.05) is 12.6 Å². The van der Waals surface area contributed by atoms with Crippen LogP contribution in [0.1, 0.15) is 26.3 Å². The van der Waals surface area contributed by atoms with Crippen molar-refractivity contribution in [2.45, 2.75) is 26.3 Å². The fourth-order valence-corrected chi connectivity index (χ4v) is 1.30. The maximum Gasteiger partial charge on any atom is 0.120 e. The smallest absolute Gasteiger partial charge is 0.120 e. The standard InChI is InChI=1S/C14H20N2/c1-14(2,3)16-13(15-4)11-10-12-8-6-5-7-9-12/h5-11H,1-4H3,(H,15,16)/b11-10+. The number of amidine groups is 1. The van der Waals surface area contributed by atoms with Gasteiger partial charge in [0.15, 0.2) is 0 Å². The van der Waals surface area contributed by atoms with E-state index in [-0.39, 0.29) is 5.54 Å². The van der Waals surface area contributed by atoms with E-state index in [1.54, 1.807) is 7.05 Å². The van der Waals surface area contributed by atoms with Gasteiger partial charge in [-0.3, -0.25) is 4.99 Å². The highest BCUT2D eigenvalue weighted by Crippen LogP contribution is 2.03. The Bertz CT molecular complexity index is 369. The highest BCUT2D eigenvalue weighted by Gasteiger charge is 2.09. The lowest BCUT2D eigenvalue weighted by atomic mass is 10.1. The molecule has 86 valence electrons. The summed E-state index contributed by atoms with van der Waals surface area (Å²) in [5, 5.41) is 3.34. The van der Waals surface area contributed by atoms with E-state index in [2.05, 4.69) is 49.3 Å².